The Kier molecular flexibility index (Phi) is 5.10. The molecule has 1 amide bonds. The summed E-state index contributed by atoms with van der Waals surface area (Å²) in [6, 6.07) is 6.66. The van der Waals surface area contributed by atoms with Gasteiger partial charge in [-0.05, 0) is 42.7 Å². The van der Waals surface area contributed by atoms with Gasteiger partial charge in [0.1, 0.15) is 11.9 Å². The van der Waals surface area contributed by atoms with Gasteiger partial charge in [-0.25, -0.2) is 4.79 Å². The lowest BCUT2D eigenvalue weighted by atomic mass is 9.75. The molecule has 21 heavy (non-hydrogen) atoms. The molecule has 2 N–H and O–H groups in total. The smallest absolute Gasteiger partial charge is 0.412 e. The number of aromatic hydroxyl groups is 1. The lowest BCUT2D eigenvalue weighted by molar-refractivity contribution is 0.0126. The van der Waals surface area contributed by atoms with Crippen LogP contribution in [0, 0.1) is 17.8 Å². The summed E-state index contributed by atoms with van der Waals surface area (Å²) in [6.45, 7) is 6.56. The largest absolute Gasteiger partial charge is 0.506 e. The van der Waals surface area contributed by atoms with E-state index < -0.39 is 6.09 Å². The molecule has 1 aromatic rings. The zero-order valence-electron chi connectivity index (χ0n) is 13.0. The molecule has 3 unspecified atom stereocenters. The molecule has 116 valence electrons. The van der Waals surface area contributed by atoms with E-state index in [4.69, 9.17) is 4.74 Å². The van der Waals surface area contributed by atoms with Crippen LogP contribution in [0.5, 0.6) is 5.75 Å². The number of carbonyl (C=O) groups is 1. The van der Waals surface area contributed by atoms with Crippen LogP contribution in [0.4, 0.5) is 10.5 Å². The summed E-state index contributed by atoms with van der Waals surface area (Å²) in [6.07, 6.45) is 2.69. The van der Waals surface area contributed by atoms with Crippen LogP contribution >= 0.6 is 0 Å². The first kappa shape index (κ1) is 15.7. The van der Waals surface area contributed by atoms with Gasteiger partial charge in [-0.3, -0.25) is 5.32 Å². The number of ether oxygens (including phenoxy) is 1. The average molecular weight is 291 g/mol. The second kappa shape index (κ2) is 6.83. The lowest BCUT2D eigenvalue weighted by Gasteiger charge is -2.36. The number of nitrogens with one attached hydrogen (secondary N) is 1. The minimum absolute atomic E-state index is 0.0420. The van der Waals surface area contributed by atoms with Crippen LogP contribution in [0.25, 0.3) is 0 Å². The van der Waals surface area contributed by atoms with Crippen molar-refractivity contribution in [3.63, 3.8) is 0 Å². The molecular formula is C17H25NO3. The van der Waals surface area contributed by atoms with Crippen molar-refractivity contribution in [1.29, 1.82) is 0 Å². The van der Waals surface area contributed by atoms with Gasteiger partial charge in [0.2, 0.25) is 0 Å². The first-order valence-corrected chi connectivity index (χ1v) is 7.73. The second-order valence-corrected chi connectivity index (χ2v) is 6.41. The molecule has 2 rings (SSSR count). The number of benzene rings is 1. The molecule has 4 nitrogen and oxygen atoms in total. The lowest BCUT2D eigenvalue weighted by Crippen LogP contribution is -2.36. The number of hydrogen-bond donors (Lipinski definition) is 2. The van der Waals surface area contributed by atoms with E-state index in [1.54, 1.807) is 18.2 Å². The number of carbonyl (C=O) groups excluding carboxylic acids is 1. The Balaban J connectivity index is 1.98. The fraction of sp³-hybridized carbons (Fsp3) is 0.588. The van der Waals surface area contributed by atoms with Crippen LogP contribution in [0.1, 0.15) is 40.0 Å². The van der Waals surface area contributed by atoms with Gasteiger partial charge in [-0.1, -0.05) is 39.3 Å². The number of phenols is 1. The number of amides is 1. The maximum atomic E-state index is 12.1. The number of rotatable bonds is 3. The number of hydrogen-bond acceptors (Lipinski definition) is 3. The van der Waals surface area contributed by atoms with Crippen LogP contribution in [-0.2, 0) is 4.74 Å². The topological polar surface area (TPSA) is 58.6 Å². The van der Waals surface area contributed by atoms with E-state index in [0.717, 1.165) is 12.8 Å². The molecule has 0 bridgehead atoms. The van der Waals surface area contributed by atoms with Crippen molar-refractivity contribution in [3.05, 3.63) is 24.3 Å². The fourth-order valence-corrected chi connectivity index (χ4v) is 3.11. The standard InChI is InChI=1S/C17H25NO3/c1-11(2)13-9-8-12(3)10-16(13)21-17(20)18-14-6-4-5-7-15(14)19/h4-7,11-13,16,19H,8-10H2,1-3H3,(H,18,20). The first-order chi connectivity index (χ1) is 9.97. The van der Waals surface area contributed by atoms with E-state index in [1.165, 1.54) is 12.5 Å². The molecule has 0 saturated heterocycles. The highest BCUT2D eigenvalue weighted by Crippen LogP contribution is 2.35. The Labute approximate surface area is 126 Å². The highest BCUT2D eigenvalue weighted by Gasteiger charge is 2.33. The maximum absolute atomic E-state index is 12.1. The van der Waals surface area contributed by atoms with Crippen LogP contribution < -0.4 is 5.32 Å². The number of phenolic OH excluding ortho intramolecular Hbond substituents is 1. The fourth-order valence-electron chi connectivity index (χ4n) is 3.11. The van der Waals surface area contributed by atoms with Crippen molar-refractivity contribution in [2.45, 2.75) is 46.1 Å². The third-order valence-corrected chi connectivity index (χ3v) is 4.36. The monoisotopic (exact) mass is 291 g/mol. The summed E-state index contributed by atoms with van der Waals surface area (Å²) in [5.74, 6) is 1.55. The molecule has 0 aromatic heterocycles. The second-order valence-electron chi connectivity index (χ2n) is 6.41. The van der Waals surface area contributed by atoms with E-state index >= 15 is 0 Å². The predicted molar refractivity (Wildman–Crippen MR) is 83.3 cm³/mol. The van der Waals surface area contributed by atoms with Crippen molar-refractivity contribution in [1.82, 2.24) is 0 Å². The predicted octanol–water partition coefficient (Wildman–Crippen LogP) is 4.40. The summed E-state index contributed by atoms with van der Waals surface area (Å²) in [5.41, 5.74) is 0.382. The SMILES string of the molecule is CC1CCC(C(C)C)C(OC(=O)Nc2ccccc2O)C1. The summed E-state index contributed by atoms with van der Waals surface area (Å²) < 4.78 is 5.63. The van der Waals surface area contributed by atoms with Crippen molar-refractivity contribution >= 4 is 11.8 Å². The molecule has 1 aliphatic rings. The normalized spacial score (nSPS) is 25.6. The van der Waals surface area contributed by atoms with Gasteiger partial charge in [0.05, 0.1) is 5.69 Å². The highest BCUT2D eigenvalue weighted by atomic mass is 16.6. The molecule has 1 aliphatic carbocycles. The Hall–Kier alpha value is -1.71. The summed E-state index contributed by atoms with van der Waals surface area (Å²) in [7, 11) is 0. The van der Waals surface area contributed by atoms with Crippen molar-refractivity contribution in [3.8, 4) is 5.75 Å². The van der Waals surface area contributed by atoms with E-state index in [1.807, 2.05) is 0 Å². The van der Waals surface area contributed by atoms with Gasteiger partial charge in [-0.2, -0.15) is 0 Å². The van der Waals surface area contributed by atoms with Crippen LogP contribution in [0.15, 0.2) is 24.3 Å². The molecule has 4 heteroatoms. The van der Waals surface area contributed by atoms with E-state index in [-0.39, 0.29) is 11.9 Å². The third kappa shape index (κ3) is 4.13. The zero-order valence-corrected chi connectivity index (χ0v) is 13.0. The highest BCUT2D eigenvalue weighted by molar-refractivity contribution is 5.86. The van der Waals surface area contributed by atoms with Gasteiger partial charge in [0, 0.05) is 0 Å². The maximum Gasteiger partial charge on any atom is 0.412 e. The quantitative estimate of drug-likeness (QED) is 0.811. The summed E-state index contributed by atoms with van der Waals surface area (Å²) in [5, 5.41) is 12.3. The molecule has 1 fully saturated rings. The van der Waals surface area contributed by atoms with Gasteiger partial charge in [-0.15, -0.1) is 0 Å². The van der Waals surface area contributed by atoms with Crippen LogP contribution in [-0.4, -0.2) is 17.3 Å². The van der Waals surface area contributed by atoms with E-state index in [9.17, 15) is 9.90 Å². The summed E-state index contributed by atoms with van der Waals surface area (Å²) >= 11 is 0. The number of anilines is 1. The van der Waals surface area contributed by atoms with Gasteiger partial charge in [0.25, 0.3) is 0 Å². The van der Waals surface area contributed by atoms with Crippen LogP contribution in [0.2, 0.25) is 0 Å². The minimum atomic E-state index is -0.485. The van der Waals surface area contributed by atoms with E-state index in [0.29, 0.717) is 23.4 Å². The average Bonchev–Trinajstić information content (AvgIpc) is 2.41. The molecule has 0 spiro atoms. The Morgan fingerprint density at radius 1 is 1.33 bits per heavy atom. The molecule has 3 atom stereocenters. The Morgan fingerprint density at radius 2 is 2.05 bits per heavy atom. The Morgan fingerprint density at radius 3 is 2.71 bits per heavy atom. The van der Waals surface area contributed by atoms with Crippen molar-refractivity contribution in [2.24, 2.45) is 17.8 Å². The van der Waals surface area contributed by atoms with E-state index in [2.05, 4.69) is 26.1 Å². The Bertz CT molecular complexity index is 487. The molecular weight excluding hydrogens is 266 g/mol. The molecule has 0 radical (unpaired) electrons. The summed E-state index contributed by atoms with van der Waals surface area (Å²) in [4.78, 5) is 12.1. The molecule has 1 saturated carbocycles. The van der Waals surface area contributed by atoms with Crippen molar-refractivity contribution in [2.75, 3.05) is 5.32 Å². The minimum Gasteiger partial charge on any atom is -0.506 e. The van der Waals surface area contributed by atoms with Gasteiger partial charge < -0.3 is 9.84 Å². The molecule has 1 aromatic carbocycles. The third-order valence-electron chi connectivity index (χ3n) is 4.36. The van der Waals surface area contributed by atoms with Crippen LogP contribution in [0.3, 0.4) is 0 Å². The van der Waals surface area contributed by atoms with Gasteiger partial charge in [0.15, 0.2) is 0 Å². The van der Waals surface area contributed by atoms with Gasteiger partial charge >= 0.3 is 6.09 Å². The number of para-hydroxylation sites is 2. The first-order valence-electron chi connectivity index (χ1n) is 7.73. The molecule has 0 heterocycles. The van der Waals surface area contributed by atoms with Crippen molar-refractivity contribution < 1.29 is 14.6 Å². The zero-order chi connectivity index (χ0) is 15.4. The molecule has 0 aliphatic heterocycles.